The summed E-state index contributed by atoms with van der Waals surface area (Å²) < 4.78 is 6.04. The van der Waals surface area contributed by atoms with E-state index in [0.29, 0.717) is 6.61 Å². The Morgan fingerprint density at radius 3 is 2.05 bits per heavy atom. The highest BCUT2D eigenvalue weighted by Crippen LogP contribution is 2.45. The van der Waals surface area contributed by atoms with Gasteiger partial charge in [-0.15, -0.1) is 0 Å². The second-order valence-electron chi connectivity index (χ2n) is 13.2. The van der Waals surface area contributed by atoms with E-state index < -0.39 is 5.60 Å². The van der Waals surface area contributed by atoms with Crippen LogP contribution >= 0.6 is 0 Å². The molecule has 5 nitrogen and oxygen atoms in total. The van der Waals surface area contributed by atoms with Gasteiger partial charge in [0, 0.05) is 36.1 Å². The molecule has 202 valence electrons. The second kappa shape index (κ2) is 10.9. The van der Waals surface area contributed by atoms with Gasteiger partial charge < -0.3 is 4.74 Å². The van der Waals surface area contributed by atoms with Crippen molar-refractivity contribution in [3.8, 4) is 0 Å². The summed E-state index contributed by atoms with van der Waals surface area (Å²) in [5, 5.41) is 2.22. The zero-order valence-corrected chi connectivity index (χ0v) is 23.9. The fraction of sp³-hybridized carbons (Fsp3) is 0.594. The number of hydrogen-bond acceptors (Lipinski definition) is 5. The van der Waals surface area contributed by atoms with Crippen molar-refractivity contribution in [2.45, 2.75) is 97.0 Å². The first-order valence-electron chi connectivity index (χ1n) is 13.9. The summed E-state index contributed by atoms with van der Waals surface area (Å²) in [5.74, 6) is -0.443. The van der Waals surface area contributed by atoms with Crippen LogP contribution in [0.1, 0.15) is 84.9 Å². The first kappa shape index (κ1) is 27.8. The summed E-state index contributed by atoms with van der Waals surface area (Å²) in [5.41, 5.74) is 1.74. The van der Waals surface area contributed by atoms with Crippen molar-refractivity contribution in [2.24, 2.45) is 11.8 Å². The van der Waals surface area contributed by atoms with Crippen molar-refractivity contribution >= 4 is 5.97 Å². The van der Waals surface area contributed by atoms with Crippen molar-refractivity contribution in [3.05, 3.63) is 71.8 Å². The molecule has 0 aliphatic carbocycles. The summed E-state index contributed by atoms with van der Waals surface area (Å²) in [4.78, 5) is 23.0. The summed E-state index contributed by atoms with van der Waals surface area (Å²) in [6, 6.07) is 20.9. The molecule has 2 saturated heterocycles. The van der Waals surface area contributed by atoms with Crippen LogP contribution in [-0.2, 0) is 20.9 Å². The Bertz CT molecular complexity index is 1010. The van der Waals surface area contributed by atoms with Gasteiger partial charge >= 0.3 is 5.97 Å². The van der Waals surface area contributed by atoms with Gasteiger partial charge in [0.1, 0.15) is 5.60 Å². The molecule has 2 heterocycles. The van der Waals surface area contributed by atoms with Gasteiger partial charge in [0.25, 0.3) is 0 Å². The molecule has 3 atom stereocenters. The number of ether oxygens (including phenoxy) is 1. The number of benzene rings is 2. The molecule has 37 heavy (non-hydrogen) atoms. The lowest BCUT2D eigenvalue weighted by atomic mass is 9.82. The molecule has 0 radical (unpaired) electrons. The summed E-state index contributed by atoms with van der Waals surface area (Å²) >= 11 is 0. The van der Waals surface area contributed by atoms with E-state index in [9.17, 15) is 4.79 Å². The van der Waals surface area contributed by atoms with E-state index in [1.165, 1.54) is 12.0 Å². The van der Waals surface area contributed by atoms with Crippen molar-refractivity contribution in [2.75, 3.05) is 13.2 Å². The normalized spacial score (nSPS) is 26.2. The fourth-order valence-corrected chi connectivity index (χ4v) is 6.41. The van der Waals surface area contributed by atoms with Gasteiger partial charge in [-0.2, -0.15) is 5.06 Å². The molecular weight excluding hydrogens is 460 g/mol. The minimum Gasteiger partial charge on any atom is -0.460 e. The van der Waals surface area contributed by atoms with E-state index in [4.69, 9.17) is 9.57 Å². The number of hydrogen-bond donors (Lipinski definition) is 0. The Kier molecular flexibility index (Phi) is 8.18. The molecule has 0 N–H and O–H groups in total. The van der Waals surface area contributed by atoms with Crippen molar-refractivity contribution in [1.82, 2.24) is 9.96 Å². The average Bonchev–Trinajstić information content (AvgIpc) is 3.16. The number of carbonyl (C=O) groups excluding carboxylic acids is 1. The van der Waals surface area contributed by atoms with E-state index in [-0.39, 0.29) is 34.9 Å². The zero-order chi connectivity index (χ0) is 26.8. The van der Waals surface area contributed by atoms with Crippen molar-refractivity contribution < 1.29 is 14.4 Å². The van der Waals surface area contributed by atoms with Crippen LogP contribution in [0.3, 0.4) is 0 Å². The first-order chi connectivity index (χ1) is 17.4. The van der Waals surface area contributed by atoms with Gasteiger partial charge in [-0.3, -0.25) is 14.5 Å². The molecule has 0 unspecified atom stereocenters. The van der Waals surface area contributed by atoms with Gasteiger partial charge in [-0.05, 0) is 78.9 Å². The number of rotatable bonds is 7. The standard InChI is InChI=1S/C32H46N2O3/c1-30(2,3)37-29(35)27-26(23-36-34-31(4,5)19-14-20-32(34,6)7)22-33(21-24-15-10-8-11-16-24)28(27)25-17-12-9-13-18-25/h8-13,15-18,26-28H,14,19-23H2,1-7H3/t26-,27-,28+/m1/s1. The molecule has 0 spiro atoms. The number of nitrogens with zero attached hydrogens (tertiary/aromatic N) is 2. The Hall–Kier alpha value is -2.21. The molecule has 0 bridgehead atoms. The van der Waals surface area contributed by atoms with Crippen LogP contribution < -0.4 is 0 Å². The van der Waals surface area contributed by atoms with Gasteiger partial charge in [0.15, 0.2) is 0 Å². The lowest BCUT2D eigenvalue weighted by Crippen LogP contribution is -2.58. The van der Waals surface area contributed by atoms with E-state index in [2.05, 4.69) is 86.2 Å². The van der Waals surface area contributed by atoms with Crippen LogP contribution in [-0.4, -0.2) is 45.8 Å². The predicted molar refractivity (Wildman–Crippen MR) is 149 cm³/mol. The summed E-state index contributed by atoms with van der Waals surface area (Å²) in [7, 11) is 0. The molecule has 2 aliphatic rings. The highest BCUT2D eigenvalue weighted by molar-refractivity contribution is 5.75. The monoisotopic (exact) mass is 506 g/mol. The van der Waals surface area contributed by atoms with Crippen molar-refractivity contribution in [1.29, 1.82) is 0 Å². The fourth-order valence-electron chi connectivity index (χ4n) is 6.41. The lowest BCUT2D eigenvalue weighted by molar-refractivity contribution is -0.287. The highest BCUT2D eigenvalue weighted by Gasteiger charge is 2.50. The third-order valence-corrected chi connectivity index (χ3v) is 7.85. The van der Waals surface area contributed by atoms with Crippen LogP contribution in [0.2, 0.25) is 0 Å². The van der Waals surface area contributed by atoms with Crippen LogP contribution in [0.5, 0.6) is 0 Å². The van der Waals surface area contributed by atoms with E-state index in [1.807, 2.05) is 32.9 Å². The number of hydroxylamine groups is 2. The van der Waals surface area contributed by atoms with Crippen LogP contribution in [0, 0.1) is 11.8 Å². The quantitative estimate of drug-likeness (QED) is 0.387. The molecule has 0 saturated carbocycles. The van der Waals surface area contributed by atoms with E-state index in [1.54, 1.807) is 0 Å². The molecule has 0 aromatic heterocycles. The van der Waals surface area contributed by atoms with Gasteiger partial charge in [0.2, 0.25) is 0 Å². The third kappa shape index (κ3) is 6.63. The number of likely N-dealkylation sites (tertiary alicyclic amines) is 1. The maximum absolute atomic E-state index is 13.8. The zero-order valence-electron chi connectivity index (χ0n) is 23.9. The molecule has 2 aromatic rings. The number of carbonyl (C=O) groups is 1. The van der Waals surface area contributed by atoms with Gasteiger partial charge in [-0.1, -0.05) is 60.7 Å². The maximum atomic E-state index is 13.8. The van der Waals surface area contributed by atoms with Crippen molar-refractivity contribution in [3.63, 3.8) is 0 Å². The van der Waals surface area contributed by atoms with E-state index in [0.717, 1.165) is 31.5 Å². The molecule has 2 aromatic carbocycles. The molecule has 4 rings (SSSR count). The topological polar surface area (TPSA) is 42.0 Å². The summed E-state index contributed by atoms with van der Waals surface area (Å²) in [6.45, 7) is 16.9. The Balaban J connectivity index is 1.67. The average molecular weight is 507 g/mol. The predicted octanol–water partition coefficient (Wildman–Crippen LogP) is 6.79. The number of piperidine rings is 1. The Morgan fingerprint density at radius 2 is 1.49 bits per heavy atom. The van der Waals surface area contributed by atoms with Crippen LogP contribution in [0.25, 0.3) is 0 Å². The Morgan fingerprint density at radius 1 is 0.919 bits per heavy atom. The first-order valence-corrected chi connectivity index (χ1v) is 13.9. The molecule has 2 aliphatic heterocycles. The second-order valence-corrected chi connectivity index (χ2v) is 13.2. The van der Waals surface area contributed by atoms with Gasteiger partial charge in [-0.25, -0.2) is 0 Å². The largest absolute Gasteiger partial charge is 0.460 e. The van der Waals surface area contributed by atoms with E-state index >= 15 is 0 Å². The smallest absolute Gasteiger partial charge is 0.311 e. The maximum Gasteiger partial charge on any atom is 0.311 e. The van der Waals surface area contributed by atoms with Crippen LogP contribution in [0.15, 0.2) is 60.7 Å². The minimum atomic E-state index is -0.548. The minimum absolute atomic E-state index is 0.0114. The summed E-state index contributed by atoms with van der Waals surface area (Å²) in [6.07, 6.45) is 3.40. The van der Waals surface area contributed by atoms with Crippen LogP contribution in [0.4, 0.5) is 0 Å². The molecule has 0 amide bonds. The SMILES string of the molecule is CC(C)(C)OC(=O)[C@@H]1[C@@H](CON2C(C)(C)CCCC2(C)C)CN(Cc2ccccc2)[C@H]1c1ccccc1. The Labute approximate surface area is 224 Å². The molecular formula is C32H46N2O3. The third-order valence-electron chi connectivity index (χ3n) is 7.85. The lowest BCUT2D eigenvalue weighted by Gasteiger charge is -2.51. The van der Waals surface area contributed by atoms with Gasteiger partial charge in [0.05, 0.1) is 12.5 Å². The number of esters is 1. The molecule has 5 heteroatoms. The highest BCUT2D eigenvalue weighted by atomic mass is 16.7. The molecule has 2 fully saturated rings.